The molecule has 0 N–H and O–H groups in total. The molecular weight excluding hydrogens is 210 g/mol. The summed E-state index contributed by atoms with van der Waals surface area (Å²) in [5.41, 5.74) is 0.381. The Morgan fingerprint density at radius 2 is 2.12 bits per heavy atom. The van der Waals surface area contributed by atoms with Crippen molar-refractivity contribution in [1.82, 2.24) is 0 Å². The molecule has 2 unspecified atom stereocenters. The molecule has 0 amide bonds. The Hall–Kier alpha value is -1.25. The van der Waals surface area contributed by atoms with Gasteiger partial charge in [-0.25, -0.2) is 8.78 Å². The van der Waals surface area contributed by atoms with Gasteiger partial charge in [-0.2, -0.15) is 0 Å². The van der Waals surface area contributed by atoms with Crippen LogP contribution in [0.15, 0.2) is 18.2 Å². The molecule has 86 valence electrons. The Morgan fingerprint density at radius 1 is 1.38 bits per heavy atom. The fourth-order valence-corrected chi connectivity index (χ4v) is 2.34. The van der Waals surface area contributed by atoms with Crippen LogP contribution < -0.4 is 0 Å². The summed E-state index contributed by atoms with van der Waals surface area (Å²) in [6, 6.07) is 4.21. The van der Waals surface area contributed by atoms with Gasteiger partial charge in [0.15, 0.2) is 11.6 Å². The molecular formula is C13H14F2O. The minimum atomic E-state index is -0.811. The van der Waals surface area contributed by atoms with Crippen LogP contribution in [0.5, 0.6) is 0 Å². The van der Waals surface area contributed by atoms with Gasteiger partial charge in [0.2, 0.25) is 0 Å². The molecule has 2 rings (SSSR count). The number of hydrogen-bond donors (Lipinski definition) is 0. The second kappa shape index (κ2) is 4.32. The van der Waals surface area contributed by atoms with E-state index in [2.05, 4.69) is 0 Å². The summed E-state index contributed by atoms with van der Waals surface area (Å²) >= 11 is 0. The van der Waals surface area contributed by atoms with Crippen molar-refractivity contribution in [2.45, 2.75) is 26.2 Å². The third-order valence-corrected chi connectivity index (χ3v) is 3.49. The lowest BCUT2D eigenvalue weighted by molar-refractivity contribution is -0.120. The van der Waals surface area contributed by atoms with E-state index in [0.717, 1.165) is 12.5 Å². The maximum atomic E-state index is 13.4. The predicted molar refractivity (Wildman–Crippen MR) is 57.0 cm³/mol. The monoisotopic (exact) mass is 224 g/mol. The fraction of sp³-hybridized carbons (Fsp3) is 0.462. The van der Waals surface area contributed by atoms with Gasteiger partial charge in [-0.05, 0) is 30.4 Å². The van der Waals surface area contributed by atoms with Crippen molar-refractivity contribution in [3.05, 3.63) is 35.4 Å². The summed E-state index contributed by atoms with van der Waals surface area (Å²) in [6.07, 6.45) is 1.81. The summed E-state index contributed by atoms with van der Waals surface area (Å²) in [5, 5.41) is 0. The zero-order valence-corrected chi connectivity index (χ0v) is 9.17. The largest absolute Gasteiger partial charge is 0.299 e. The Balaban J connectivity index is 2.15. The van der Waals surface area contributed by atoms with Gasteiger partial charge in [-0.15, -0.1) is 0 Å². The van der Waals surface area contributed by atoms with E-state index in [-0.39, 0.29) is 17.6 Å². The van der Waals surface area contributed by atoms with Crippen LogP contribution in [-0.4, -0.2) is 5.78 Å². The number of carbonyl (C=O) groups excluding carboxylic acids is 1. The van der Waals surface area contributed by atoms with Crippen LogP contribution in [0.2, 0.25) is 0 Å². The van der Waals surface area contributed by atoms with E-state index in [1.54, 1.807) is 6.07 Å². The molecule has 1 aliphatic rings. The molecule has 1 aliphatic carbocycles. The van der Waals surface area contributed by atoms with Gasteiger partial charge in [0, 0.05) is 12.3 Å². The molecule has 1 aromatic carbocycles. The topological polar surface area (TPSA) is 17.1 Å². The van der Waals surface area contributed by atoms with E-state index >= 15 is 0 Å². The molecule has 1 aromatic rings. The van der Waals surface area contributed by atoms with E-state index in [4.69, 9.17) is 0 Å². The number of halogens is 2. The van der Waals surface area contributed by atoms with Gasteiger partial charge in [-0.3, -0.25) is 4.79 Å². The van der Waals surface area contributed by atoms with Crippen molar-refractivity contribution in [3.63, 3.8) is 0 Å². The summed E-state index contributed by atoms with van der Waals surface area (Å²) in [7, 11) is 0. The Labute approximate surface area is 93.5 Å². The van der Waals surface area contributed by atoms with Gasteiger partial charge < -0.3 is 0 Å². The molecule has 0 radical (unpaired) electrons. The quantitative estimate of drug-likeness (QED) is 0.754. The van der Waals surface area contributed by atoms with Gasteiger partial charge in [-0.1, -0.05) is 19.1 Å². The van der Waals surface area contributed by atoms with Gasteiger partial charge in [0.1, 0.15) is 5.78 Å². The lowest BCUT2D eigenvalue weighted by Crippen LogP contribution is -2.13. The molecule has 1 nitrogen and oxygen atoms in total. The van der Waals surface area contributed by atoms with E-state index in [0.29, 0.717) is 18.4 Å². The highest BCUT2D eigenvalue weighted by Crippen LogP contribution is 2.31. The van der Waals surface area contributed by atoms with E-state index in [1.807, 2.05) is 6.92 Å². The highest BCUT2D eigenvalue weighted by Gasteiger charge is 2.31. The van der Waals surface area contributed by atoms with Crippen molar-refractivity contribution in [2.75, 3.05) is 0 Å². The Kier molecular flexibility index (Phi) is 3.03. The third kappa shape index (κ3) is 1.99. The number of rotatable bonds is 2. The number of carbonyl (C=O) groups is 1. The van der Waals surface area contributed by atoms with Crippen LogP contribution in [0.1, 0.15) is 25.3 Å². The molecule has 0 saturated heterocycles. The van der Waals surface area contributed by atoms with Crippen LogP contribution >= 0.6 is 0 Å². The summed E-state index contributed by atoms with van der Waals surface area (Å²) < 4.78 is 26.4. The lowest BCUT2D eigenvalue weighted by atomic mass is 9.90. The third-order valence-electron chi connectivity index (χ3n) is 3.49. The molecule has 1 saturated carbocycles. The first-order valence-electron chi connectivity index (χ1n) is 5.55. The van der Waals surface area contributed by atoms with Crippen molar-refractivity contribution in [2.24, 2.45) is 11.8 Å². The highest BCUT2D eigenvalue weighted by atomic mass is 19.2. The Morgan fingerprint density at radius 3 is 2.75 bits per heavy atom. The van der Waals surface area contributed by atoms with Crippen molar-refractivity contribution >= 4 is 5.78 Å². The molecule has 16 heavy (non-hydrogen) atoms. The molecule has 2 atom stereocenters. The molecule has 0 aromatic heterocycles. The molecule has 0 aliphatic heterocycles. The van der Waals surface area contributed by atoms with Crippen LogP contribution in [0.25, 0.3) is 0 Å². The van der Waals surface area contributed by atoms with Crippen molar-refractivity contribution in [3.8, 4) is 0 Å². The number of benzene rings is 1. The van der Waals surface area contributed by atoms with Crippen LogP contribution in [0.3, 0.4) is 0 Å². The van der Waals surface area contributed by atoms with Gasteiger partial charge in [0.25, 0.3) is 0 Å². The average Bonchev–Trinajstić information content (AvgIpc) is 2.57. The zero-order valence-electron chi connectivity index (χ0n) is 9.17. The molecule has 0 heterocycles. The first-order valence-corrected chi connectivity index (χ1v) is 5.55. The number of ketones is 1. The lowest BCUT2D eigenvalue weighted by Gasteiger charge is -2.14. The second-order valence-electron chi connectivity index (χ2n) is 4.47. The maximum Gasteiger partial charge on any atom is 0.162 e. The van der Waals surface area contributed by atoms with Crippen LogP contribution in [0.4, 0.5) is 8.78 Å². The normalized spacial score (nSPS) is 25.1. The predicted octanol–water partition coefficient (Wildman–Crippen LogP) is 3.12. The van der Waals surface area contributed by atoms with E-state index in [9.17, 15) is 13.6 Å². The second-order valence-corrected chi connectivity index (χ2v) is 4.47. The summed E-state index contributed by atoms with van der Waals surface area (Å²) in [5.74, 6) is -1.21. The maximum absolute atomic E-state index is 13.4. The number of hydrogen-bond acceptors (Lipinski definition) is 1. The average molecular weight is 224 g/mol. The van der Waals surface area contributed by atoms with Crippen molar-refractivity contribution in [1.29, 1.82) is 0 Å². The van der Waals surface area contributed by atoms with Gasteiger partial charge in [0.05, 0.1) is 0 Å². The summed E-state index contributed by atoms with van der Waals surface area (Å²) in [4.78, 5) is 11.4. The highest BCUT2D eigenvalue weighted by molar-refractivity contribution is 5.83. The SMILES string of the molecule is CC1C(=O)CCC1Cc1cccc(F)c1F. The molecule has 0 bridgehead atoms. The van der Waals surface area contributed by atoms with Gasteiger partial charge >= 0.3 is 0 Å². The first-order chi connectivity index (χ1) is 7.59. The molecule has 0 spiro atoms. The molecule has 1 fully saturated rings. The Bertz CT molecular complexity index is 414. The smallest absolute Gasteiger partial charge is 0.162 e. The minimum Gasteiger partial charge on any atom is -0.299 e. The standard InChI is InChI=1S/C13H14F2O/c1-8-9(5-6-12(8)16)7-10-3-2-4-11(14)13(10)15/h2-4,8-9H,5-7H2,1H3. The fourth-order valence-electron chi connectivity index (χ4n) is 2.34. The van der Waals surface area contributed by atoms with Crippen molar-refractivity contribution < 1.29 is 13.6 Å². The number of Topliss-reactive ketones (excluding diaryl/α,β-unsaturated/α-hetero) is 1. The first kappa shape index (κ1) is 11.2. The van der Waals surface area contributed by atoms with E-state index in [1.165, 1.54) is 6.07 Å². The van der Waals surface area contributed by atoms with E-state index < -0.39 is 11.6 Å². The zero-order chi connectivity index (χ0) is 11.7. The summed E-state index contributed by atoms with van der Waals surface area (Å²) in [6.45, 7) is 1.87. The minimum absolute atomic E-state index is 0.0253. The van der Waals surface area contributed by atoms with Crippen LogP contribution in [0, 0.1) is 23.5 Å². The van der Waals surface area contributed by atoms with Crippen LogP contribution in [-0.2, 0) is 11.2 Å². The molecule has 3 heteroatoms.